The van der Waals surface area contributed by atoms with Crippen LogP contribution in [0.3, 0.4) is 0 Å². The maximum Gasteiger partial charge on any atom is 0.284 e. The van der Waals surface area contributed by atoms with Gasteiger partial charge in [0.25, 0.3) is 17.0 Å². The lowest BCUT2D eigenvalue weighted by atomic mass is 10.5. The van der Waals surface area contributed by atoms with E-state index in [1.54, 1.807) is 29.7 Å². The lowest BCUT2D eigenvalue weighted by molar-refractivity contribution is 0.444. The summed E-state index contributed by atoms with van der Waals surface area (Å²) in [5.41, 5.74) is 0. The van der Waals surface area contributed by atoms with Gasteiger partial charge in [0.15, 0.2) is 5.76 Å². The van der Waals surface area contributed by atoms with Gasteiger partial charge in [0.05, 0.1) is 16.4 Å². The summed E-state index contributed by atoms with van der Waals surface area (Å²) in [7, 11) is 0. The van der Waals surface area contributed by atoms with Gasteiger partial charge in [-0.1, -0.05) is 17.8 Å². The van der Waals surface area contributed by atoms with Crippen LogP contribution in [-0.2, 0) is 0 Å². The molecule has 0 saturated heterocycles. The van der Waals surface area contributed by atoms with Crippen LogP contribution in [0.1, 0.15) is 18.1 Å². The van der Waals surface area contributed by atoms with E-state index in [-0.39, 0.29) is 5.25 Å². The van der Waals surface area contributed by atoms with Crippen molar-refractivity contribution in [1.29, 1.82) is 0 Å². The first kappa shape index (κ1) is 14.2. The number of rotatable bonds is 5. The van der Waals surface area contributed by atoms with Gasteiger partial charge in [-0.15, -0.1) is 31.7 Å². The molecular formula is C14H10N4O3S2. The lowest BCUT2D eigenvalue weighted by Gasteiger charge is -2.01. The highest BCUT2D eigenvalue weighted by atomic mass is 32.2. The zero-order valence-corrected chi connectivity index (χ0v) is 13.5. The van der Waals surface area contributed by atoms with Gasteiger partial charge in [0, 0.05) is 0 Å². The molecule has 0 fully saturated rings. The summed E-state index contributed by atoms with van der Waals surface area (Å²) >= 11 is 2.90. The molecule has 4 aromatic heterocycles. The van der Waals surface area contributed by atoms with E-state index in [4.69, 9.17) is 13.3 Å². The average molecular weight is 346 g/mol. The Kier molecular flexibility index (Phi) is 3.72. The summed E-state index contributed by atoms with van der Waals surface area (Å²) in [6, 6.07) is 7.40. The standard InChI is InChI=1S/C14H10N4O3S2/c1-8(11-15-17-13(20-11)10-5-3-7-22-10)23-14-18-16-12(21-14)9-4-2-6-19-9/h2-8H,1H3/t8-/m1/s1. The molecule has 23 heavy (non-hydrogen) atoms. The normalized spacial score (nSPS) is 12.6. The van der Waals surface area contributed by atoms with E-state index < -0.39 is 0 Å². The molecule has 0 unspecified atom stereocenters. The fourth-order valence-electron chi connectivity index (χ4n) is 1.86. The summed E-state index contributed by atoms with van der Waals surface area (Å²) in [6.07, 6.45) is 1.56. The monoisotopic (exact) mass is 346 g/mol. The third-order valence-electron chi connectivity index (χ3n) is 2.94. The molecule has 0 aliphatic heterocycles. The highest BCUT2D eigenvalue weighted by molar-refractivity contribution is 7.99. The van der Waals surface area contributed by atoms with Crippen molar-refractivity contribution in [2.45, 2.75) is 17.4 Å². The van der Waals surface area contributed by atoms with E-state index in [1.807, 2.05) is 24.4 Å². The first-order valence-electron chi connectivity index (χ1n) is 6.71. The molecule has 4 rings (SSSR count). The lowest BCUT2D eigenvalue weighted by Crippen LogP contribution is -1.88. The molecule has 0 saturated carbocycles. The molecular weight excluding hydrogens is 336 g/mol. The number of furan rings is 1. The Morgan fingerprint density at radius 3 is 2.74 bits per heavy atom. The predicted molar refractivity (Wildman–Crippen MR) is 83.9 cm³/mol. The van der Waals surface area contributed by atoms with E-state index in [0.717, 1.165) is 4.88 Å². The first-order valence-corrected chi connectivity index (χ1v) is 8.47. The number of aromatic nitrogens is 4. The van der Waals surface area contributed by atoms with Crippen molar-refractivity contribution in [3.63, 3.8) is 0 Å². The van der Waals surface area contributed by atoms with Crippen LogP contribution in [0.15, 0.2) is 54.4 Å². The van der Waals surface area contributed by atoms with Gasteiger partial charge in [-0.3, -0.25) is 0 Å². The molecule has 7 nitrogen and oxygen atoms in total. The Balaban J connectivity index is 1.49. The number of hydrogen-bond acceptors (Lipinski definition) is 9. The Morgan fingerprint density at radius 1 is 1.04 bits per heavy atom. The average Bonchev–Trinajstić information content (AvgIpc) is 3.30. The van der Waals surface area contributed by atoms with Crippen molar-refractivity contribution in [1.82, 2.24) is 20.4 Å². The van der Waals surface area contributed by atoms with E-state index >= 15 is 0 Å². The van der Waals surface area contributed by atoms with Crippen molar-refractivity contribution in [2.24, 2.45) is 0 Å². The van der Waals surface area contributed by atoms with Crippen LogP contribution in [0, 0.1) is 0 Å². The quantitative estimate of drug-likeness (QED) is 0.494. The molecule has 4 heterocycles. The maximum absolute atomic E-state index is 5.70. The van der Waals surface area contributed by atoms with Crippen LogP contribution in [0.25, 0.3) is 22.4 Å². The van der Waals surface area contributed by atoms with Crippen LogP contribution in [0.5, 0.6) is 0 Å². The molecule has 116 valence electrons. The Hall–Kier alpha value is -2.39. The fraction of sp³-hybridized carbons (Fsp3) is 0.143. The summed E-state index contributed by atoms with van der Waals surface area (Å²) in [5.74, 6) is 1.91. The topological polar surface area (TPSA) is 91.0 Å². The van der Waals surface area contributed by atoms with Crippen molar-refractivity contribution in [3.05, 3.63) is 41.8 Å². The summed E-state index contributed by atoms with van der Waals surface area (Å²) in [4.78, 5) is 0.943. The summed E-state index contributed by atoms with van der Waals surface area (Å²) in [6.45, 7) is 1.94. The predicted octanol–water partition coefficient (Wildman–Crippen LogP) is 4.29. The first-order chi connectivity index (χ1) is 11.3. The zero-order chi connectivity index (χ0) is 15.6. The van der Waals surface area contributed by atoms with Crippen molar-refractivity contribution in [3.8, 4) is 22.4 Å². The highest BCUT2D eigenvalue weighted by Crippen LogP contribution is 2.35. The second-order valence-electron chi connectivity index (χ2n) is 4.53. The number of thioether (sulfide) groups is 1. The summed E-state index contributed by atoms with van der Waals surface area (Å²) in [5, 5.41) is 18.4. The largest absolute Gasteiger partial charge is 0.459 e. The fourth-order valence-corrected chi connectivity index (χ4v) is 3.22. The highest BCUT2D eigenvalue weighted by Gasteiger charge is 2.20. The van der Waals surface area contributed by atoms with Gasteiger partial charge in [-0.2, -0.15) is 0 Å². The van der Waals surface area contributed by atoms with E-state index in [1.165, 1.54) is 11.8 Å². The third kappa shape index (κ3) is 2.92. The maximum atomic E-state index is 5.70. The minimum Gasteiger partial charge on any atom is -0.459 e. The third-order valence-corrected chi connectivity index (χ3v) is 4.72. The Morgan fingerprint density at radius 2 is 1.96 bits per heavy atom. The molecule has 0 aliphatic rings. The zero-order valence-electron chi connectivity index (χ0n) is 11.9. The van der Waals surface area contributed by atoms with Gasteiger partial charge in [0.2, 0.25) is 5.89 Å². The van der Waals surface area contributed by atoms with Gasteiger partial charge >= 0.3 is 0 Å². The molecule has 0 radical (unpaired) electrons. The van der Waals surface area contributed by atoms with Gasteiger partial charge in [0.1, 0.15) is 0 Å². The molecule has 9 heteroatoms. The van der Waals surface area contributed by atoms with E-state index in [0.29, 0.717) is 28.7 Å². The van der Waals surface area contributed by atoms with E-state index in [2.05, 4.69) is 20.4 Å². The molecule has 0 aromatic carbocycles. The van der Waals surface area contributed by atoms with Crippen LogP contribution in [-0.4, -0.2) is 20.4 Å². The van der Waals surface area contributed by atoms with Crippen molar-refractivity contribution in [2.75, 3.05) is 0 Å². The van der Waals surface area contributed by atoms with Crippen LogP contribution in [0.4, 0.5) is 0 Å². The molecule has 4 aromatic rings. The molecule has 1 atom stereocenters. The van der Waals surface area contributed by atoms with Gasteiger partial charge in [-0.25, -0.2) is 0 Å². The van der Waals surface area contributed by atoms with Crippen LogP contribution < -0.4 is 0 Å². The van der Waals surface area contributed by atoms with Crippen molar-refractivity contribution >= 4 is 23.1 Å². The van der Waals surface area contributed by atoms with E-state index in [9.17, 15) is 0 Å². The SMILES string of the molecule is C[C@@H](Sc1nnc(-c2ccco2)o1)c1nnc(-c2cccs2)o1. The molecule has 0 spiro atoms. The second-order valence-corrected chi connectivity index (χ2v) is 6.77. The molecule has 0 aliphatic carbocycles. The second kappa shape index (κ2) is 6.01. The van der Waals surface area contributed by atoms with Gasteiger partial charge < -0.3 is 13.3 Å². The molecule has 0 bridgehead atoms. The number of hydrogen-bond donors (Lipinski definition) is 0. The smallest absolute Gasteiger partial charge is 0.284 e. The molecule has 0 N–H and O–H groups in total. The van der Waals surface area contributed by atoms with Crippen molar-refractivity contribution < 1.29 is 13.3 Å². The number of nitrogens with zero attached hydrogens (tertiary/aromatic N) is 4. The summed E-state index contributed by atoms with van der Waals surface area (Å²) < 4.78 is 16.5. The minimum absolute atomic E-state index is 0.110. The van der Waals surface area contributed by atoms with Crippen LogP contribution in [0.2, 0.25) is 0 Å². The Bertz CT molecular complexity index is 883. The minimum atomic E-state index is -0.110. The number of thiophene rings is 1. The van der Waals surface area contributed by atoms with Gasteiger partial charge in [-0.05, 0) is 30.5 Å². The Labute approximate surface area is 138 Å². The van der Waals surface area contributed by atoms with Crippen LogP contribution >= 0.6 is 23.1 Å². The molecule has 0 amide bonds.